The lowest BCUT2D eigenvalue weighted by atomic mass is 9.97. The van der Waals surface area contributed by atoms with E-state index in [9.17, 15) is 4.79 Å². The Labute approximate surface area is 151 Å². The van der Waals surface area contributed by atoms with Crippen molar-refractivity contribution in [3.63, 3.8) is 0 Å². The van der Waals surface area contributed by atoms with Crippen LogP contribution in [0, 0.1) is 0 Å². The highest BCUT2D eigenvalue weighted by Crippen LogP contribution is 2.35. The maximum atomic E-state index is 13.0. The van der Waals surface area contributed by atoms with Crippen molar-refractivity contribution in [3.8, 4) is 0 Å². The van der Waals surface area contributed by atoms with E-state index in [1.54, 1.807) is 6.20 Å². The molecule has 5 heteroatoms. The molecule has 2 aliphatic rings. The zero-order valence-corrected chi connectivity index (χ0v) is 15.8. The van der Waals surface area contributed by atoms with E-state index in [4.69, 9.17) is 4.74 Å². The number of ether oxygens (including phenoxy) is 1. The van der Waals surface area contributed by atoms with E-state index in [1.807, 2.05) is 31.7 Å². The Morgan fingerprint density at radius 3 is 2.56 bits per heavy atom. The number of hydrogen-bond donors (Lipinski definition) is 1. The van der Waals surface area contributed by atoms with Crippen LogP contribution in [0.5, 0.6) is 0 Å². The highest BCUT2D eigenvalue weighted by molar-refractivity contribution is 5.88. The van der Waals surface area contributed by atoms with Crippen LogP contribution in [-0.2, 0) is 4.74 Å². The van der Waals surface area contributed by atoms with Crippen LogP contribution in [0.3, 0.4) is 0 Å². The van der Waals surface area contributed by atoms with Gasteiger partial charge >= 0.3 is 6.09 Å². The van der Waals surface area contributed by atoms with Crippen molar-refractivity contribution >= 4 is 11.9 Å². The number of nitrogens with zero attached hydrogens (tertiary/aromatic N) is 2. The summed E-state index contributed by atoms with van der Waals surface area (Å²) in [6.07, 6.45) is 9.39. The molecular formula is C20H31N3O2. The Balaban J connectivity index is 1.94. The van der Waals surface area contributed by atoms with Crippen LogP contribution in [-0.4, -0.2) is 29.3 Å². The zero-order chi connectivity index (χ0) is 17.9. The van der Waals surface area contributed by atoms with Crippen LogP contribution in [0.15, 0.2) is 18.3 Å². The fraction of sp³-hybridized carbons (Fsp3) is 0.700. The van der Waals surface area contributed by atoms with Gasteiger partial charge in [0, 0.05) is 23.8 Å². The number of carbonyl (C=O) groups excluding carboxylic acids is 1. The van der Waals surface area contributed by atoms with Gasteiger partial charge in [-0.05, 0) is 59.1 Å². The minimum atomic E-state index is -0.508. The monoisotopic (exact) mass is 345 g/mol. The number of rotatable bonds is 3. The van der Waals surface area contributed by atoms with Crippen molar-refractivity contribution in [2.45, 2.75) is 83.4 Å². The first-order valence-electron chi connectivity index (χ1n) is 9.66. The van der Waals surface area contributed by atoms with Crippen molar-refractivity contribution in [1.29, 1.82) is 0 Å². The number of hydrogen-bond acceptors (Lipinski definition) is 4. The van der Waals surface area contributed by atoms with E-state index in [2.05, 4.69) is 16.4 Å². The summed E-state index contributed by atoms with van der Waals surface area (Å²) in [7, 11) is 0. The number of anilines is 1. The van der Waals surface area contributed by atoms with Gasteiger partial charge < -0.3 is 10.1 Å². The number of piperidine rings is 1. The molecule has 3 rings (SSSR count). The highest BCUT2D eigenvalue weighted by atomic mass is 16.6. The van der Waals surface area contributed by atoms with E-state index in [0.29, 0.717) is 0 Å². The van der Waals surface area contributed by atoms with Gasteiger partial charge in [-0.1, -0.05) is 25.3 Å². The summed E-state index contributed by atoms with van der Waals surface area (Å²) in [5, 5.41) is 3.59. The molecule has 0 bridgehead atoms. The van der Waals surface area contributed by atoms with Gasteiger partial charge in [0.15, 0.2) is 0 Å². The third kappa shape index (κ3) is 4.51. The van der Waals surface area contributed by atoms with E-state index in [0.717, 1.165) is 50.0 Å². The molecule has 1 amide bonds. The van der Waals surface area contributed by atoms with Crippen LogP contribution in [0.2, 0.25) is 0 Å². The Morgan fingerprint density at radius 1 is 1.20 bits per heavy atom. The first-order chi connectivity index (χ1) is 12.0. The summed E-state index contributed by atoms with van der Waals surface area (Å²) in [4.78, 5) is 19.5. The topological polar surface area (TPSA) is 54.5 Å². The zero-order valence-electron chi connectivity index (χ0n) is 15.8. The summed E-state index contributed by atoms with van der Waals surface area (Å²) in [5.41, 5.74) is 0.617. The minimum absolute atomic E-state index is 0.187. The molecule has 2 heterocycles. The van der Waals surface area contributed by atoms with Gasteiger partial charge in [-0.3, -0.25) is 4.90 Å². The van der Waals surface area contributed by atoms with Gasteiger partial charge in [-0.25, -0.2) is 9.78 Å². The Hall–Kier alpha value is -1.62. The molecule has 0 aromatic carbocycles. The van der Waals surface area contributed by atoms with Crippen molar-refractivity contribution in [2.24, 2.45) is 0 Å². The number of carbonyl (C=O) groups is 1. The molecule has 5 nitrogen and oxygen atoms in total. The van der Waals surface area contributed by atoms with E-state index in [-0.39, 0.29) is 18.2 Å². The summed E-state index contributed by atoms with van der Waals surface area (Å²) in [5.74, 6) is 0.781. The summed E-state index contributed by atoms with van der Waals surface area (Å²) in [6.45, 7) is 6.77. The first kappa shape index (κ1) is 18.2. The quantitative estimate of drug-likeness (QED) is 0.871. The lowest BCUT2D eigenvalue weighted by molar-refractivity contribution is 0.0564. The molecule has 1 aromatic heterocycles. The molecule has 1 aliphatic carbocycles. The van der Waals surface area contributed by atoms with E-state index < -0.39 is 5.60 Å². The Kier molecular flexibility index (Phi) is 5.62. The Morgan fingerprint density at radius 2 is 1.92 bits per heavy atom. The minimum Gasteiger partial charge on any atom is -0.443 e. The Bertz CT molecular complexity index is 585. The van der Waals surface area contributed by atoms with Gasteiger partial charge in [0.1, 0.15) is 11.4 Å². The molecule has 0 radical (unpaired) electrons. The van der Waals surface area contributed by atoms with Crippen LogP contribution in [0.25, 0.3) is 0 Å². The van der Waals surface area contributed by atoms with Crippen molar-refractivity contribution in [1.82, 2.24) is 10.3 Å². The fourth-order valence-corrected chi connectivity index (χ4v) is 3.88. The summed E-state index contributed by atoms with van der Waals surface area (Å²) >= 11 is 0. The van der Waals surface area contributed by atoms with Gasteiger partial charge in [-0.2, -0.15) is 0 Å². The standard InChI is InChI=1S/C20H31N3O2/c1-20(2,3)25-19(24)23(15-9-4-5-10-15)18-16(11-8-14-22-18)17-12-6-7-13-21-17/h8,11,14-15,17,21H,4-7,9-10,12-13H2,1-3H3. The predicted octanol–water partition coefficient (Wildman–Crippen LogP) is 4.58. The van der Waals surface area contributed by atoms with Crippen LogP contribution in [0.1, 0.15) is 77.3 Å². The maximum absolute atomic E-state index is 13.0. The van der Waals surface area contributed by atoms with E-state index >= 15 is 0 Å². The van der Waals surface area contributed by atoms with Crippen LogP contribution in [0.4, 0.5) is 10.6 Å². The summed E-state index contributed by atoms with van der Waals surface area (Å²) in [6, 6.07) is 4.53. The molecule has 1 saturated heterocycles. The molecule has 1 N–H and O–H groups in total. The number of aromatic nitrogens is 1. The molecule has 0 spiro atoms. The number of pyridine rings is 1. The molecule has 1 unspecified atom stereocenters. The second-order valence-electron chi connectivity index (χ2n) is 8.21. The van der Waals surface area contributed by atoms with Gasteiger partial charge in [0.05, 0.1) is 0 Å². The van der Waals surface area contributed by atoms with Crippen molar-refractivity contribution < 1.29 is 9.53 Å². The molecule has 25 heavy (non-hydrogen) atoms. The lowest BCUT2D eigenvalue weighted by Gasteiger charge is -2.34. The third-order valence-corrected chi connectivity index (χ3v) is 5.01. The predicted molar refractivity (Wildman–Crippen MR) is 99.8 cm³/mol. The second kappa shape index (κ2) is 7.73. The van der Waals surface area contributed by atoms with Crippen LogP contribution >= 0.6 is 0 Å². The second-order valence-corrected chi connectivity index (χ2v) is 8.21. The van der Waals surface area contributed by atoms with Crippen molar-refractivity contribution in [3.05, 3.63) is 23.9 Å². The summed E-state index contributed by atoms with van der Waals surface area (Å²) < 4.78 is 5.74. The average molecular weight is 345 g/mol. The molecule has 1 atom stereocenters. The first-order valence-corrected chi connectivity index (χ1v) is 9.66. The van der Waals surface area contributed by atoms with E-state index in [1.165, 1.54) is 12.8 Å². The lowest BCUT2D eigenvalue weighted by Crippen LogP contribution is -2.44. The largest absolute Gasteiger partial charge is 0.443 e. The number of nitrogens with one attached hydrogen (secondary N) is 1. The van der Waals surface area contributed by atoms with Crippen LogP contribution < -0.4 is 10.2 Å². The van der Waals surface area contributed by atoms with Gasteiger partial charge in [0.2, 0.25) is 0 Å². The van der Waals surface area contributed by atoms with Crippen molar-refractivity contribution in [2.75, 3.05) is 11.4 Å². The fourth-order valence-electron chi connectivity index (χ4n) is 3.88. The smallest absolute Gasteiger partial charge is 0.416 e. The van der Waals surface area contributed by atoms with Gasteiger partial charge in [-0.15, -0.1) is 0 Å². The highest BCUT2D eigenvalue weighted by Gasteiger charge is 2.35. The number of amides is 1. The molecule has 1 aliphatic heterocycles. The molecule has 138 valence electrons. The normalized spacial score (nSPS) is 22.0. The molecule has 2 fully saturated rings. The average Bonchev–Trinajstić information content (AvgIpc) is 3.09. The molecule has 1 saturated carbocycles. The molecule has 1 aromatic rings. The third-order valence-electron chi connectivity index (χ3n) is 5.01. The molecular weight excluding hydrogens is 314 g/mol. The van der Waals surface area contributed by atoms with Gasteiger partial charge in [0.25, 0.3) is 0 Å². The maximum Gasteiger partial charge on any atom is 0.416 e. The SMILES string of the molecule is CC(C)(C)OC(=O)N(c1ncccc1C1CCCCN1)C1CCCC1.